The fraction of sp³-hybridized carbons (Fsp3) is 0.308. The third-order valence-electron chi connectivity index (χ3n) is 2.80. The second kappa shape index (κ2) is 8.27. The van der Waals surface area contributed by atoms with Crippen LogP contribution in [0.4, 0.5) is 16.5 Å². The van der Waals surface area contributed by atoms with E-state index in [2.05, 4.69) is 20.8 Å². The first-order valence-electron chi connectivity index (χ1n) is 6.89. The number of benzene rings is 1. The first-order chi connectivity index (χ1) is 11.4. The van der Waals surface area contributed by atoms with Crippen LogP contribution in [0.15, 0.2) is 22.5 Å². The second-order valence-electron chi connectivity index (χ2n) is 4.57. The molecule has 1 atom stereocenters. The zero-order valence-corrected chi connectivity index (χ0v) is 15.2. The van der Waals surface area contributed by atoms with Gasteiger partial charge in [-0.1, -0.05) is 34.7 Å². The van der Waals surface area contributed by atoms with Crippen LogP contribution in [-0.2, 0) is 4.79 Å². The number of halogens is 1. The number of nitro groups is 1. The Bertz CT molecular complexity index is 755. The molecule has 11 heteroatoms. The number of non-ortho nitro benzene ring substituents is 1. The SMILES string of the molecule is CCNc1nnc(SC(C)C(=O)Nc2ccc([N+](=O)[O-])cc2Cl)s1. The lowest BCUT2D eigenvalue weighted by molar-refractivity contribution is -0.384. The number of amides is 1. The van der Waals surface area contributed by atoms with Crippen LogP contribution in [0.25, 0.3) is 0 Å². The van der Waals surface area contributed by atoms with Crippen LogP contribution in [0.5, 0.6) is 0 Å². The summed E-state index contributed by atoms with van der Waals surface area (Å²) in [4.78, 5) is 22.4. The summed E-state index contributed by atoms with van der Waals surface area (Å²) in [6, 6.07) is 3.89. The molecular weight excluding hydrogens is 374 g/mol. The average molecular weight is 388 g/mol. The Labute approximate surface area is 151 Å². The van der Waals surface area contributed by atoms with Crippen molar-refractivity contribution >= 4 is 57.1 Å². The Kier molecular flexibility index (Phi) is 6.35. The number of hydrogen-bond acceptors (Lipinski definition) is 8. The van der Waals surface area contributed by atoms with Crippen molar-refractivity contribution in [2.75, 3.05) is 17.2 Å². The van der Waals surface area contributed by atoms with Gasteiger partial charge in [0.25, 0.3) is 5.69 Å². The summed E-state index contributed by atoms with van der Waals surface area (Å²) in [5, 5.41) is 24.7. The van der Waals surface area contributed by atoms with Gasteiger partial charge >= 0.3 is 0 Å². The van der Waals surface area contributed by atoms with E-state index < -0.39 is 10.2 Å². The number of nitrogens with zero attached hydrogens (tertiary/aromatic N) is 3. The minimum absolute atomic E-state index is 0.111. The smallest absolute Gasteiger partial charge is 0.271 e. The Morgan fingerprint density at radius 3 is 2.88 bits per heavy atom. The van der Waals surface area contributed by atoms with Crippen molar-refractivity contribution in [3.8, 4) is 0 Å². The highest BCUT2D eigenvalue weighted by molar-refractivity contribution is 8.02. The van der Waals surface area contributed by atoms with Gasteiger partial charge in [-0.25, -0.2) is 0 Å². The van der Waals surface area contributed by atoms with E-state index >= 15 is 0 Å². The van der Waals surface area contributed by atoms with Gasteiger partial charge in [-0.05, 0) is 19.9 Å². The summed E-state index contributed by atoms with van der Waals surface area (Å²) in [5.41, 5.74) is 0.190. The van der Waals surface area contributed by atoms with Gasteiger partial charge in [-0.2, -0.15) is 0 Å². The summed E-state index contributed by atoms with van der Waals surface area (Å²) in [6.45, 7) is 4.43. The van der Waals surface area contributed by atoms with Crippen molar-refractivity contribution in [1.29, 1.82) is 0 Å². The minimum Gasteiger partial charge on any atom is -0.360 e. The molecule has 0 saturated carbocycles. The van der Waals surface area contributed by atoms with Crippen molar-refractivity contribution < 1.29 is 9.72 Å². The number of anilines is 2. The van der Waals surface area contributed by atoms with Gasteiger partial charge in [0.05, 0.1) is 20.9 Å². The molecule has 0 aliphatic heterocycles. The molecule has 2 N–H and O–H groups in total. The molecule has 0 aliphatic rings. The molecule has 0 radical (unpaired) electrons. The number of rotatable bonds is 7. The molecule has 8 nitrogen and oxygen atoms in total. The van der Waals surface area contributed by atoms with Crippen LogP contribution in [0.2, 0.25) is 5.02 Å². The molecule has 0 bridgehead atoms. The summed E-state index contributed by atoms with van der Waals surface area (Å²) in [5.74, 6) is -0.282. The zero-order chi connectivity index (χ0) is 17.7. The average Bonchev–Trinajstić information content (AvgIpc) is 2.96. The Morgan fingerprint density at radius 2 is 2.25 bits per heavy atom. The van der Waals surface area contributed by atoms with Crippen LogP contribution in [0.3, 0.4) is 0 Å². The molecule has 24 heavy (non-hydrogen) atoms. The van der Waals surface area contributed by atoms with Gasteiger partial charge in [-0.15, -0.1) is 10.2 Å². The molecule has 0 spiro atoms. The Balaban J connectivity index is 1.99. The second-order valence-corrected chi connectivity index (χ2v) is 7.55. The summed E-state index contributed by atoms with van der Waals surface area (Å²) in [7, 11) is 0. The zero-order valence-electron chi connectivity index (χ0n) is 12.8. The van der Waals surface area contributed by atoms with Gasteiger partial charge in [0, 0.05) is 18.7 Å². The molecule has 0 saturated heterocycles. The van der Waals surface area contributed by atoms with Crippen molar-refractivity contribution in [1.82, 2.24) is 10.2 Å². The predicted molar refractivity (Wildman–Crippen MR) is 96.1 cm³/mol. The third-order valence-corrected chi connectivity index (χ3v) is 5.18. The van der Waals surface area contributed by atoms with E-state index in [1.165, 1.54) is 41.3 Å². The monoisotopic (exact) mass is 387 g/mol. The van der Waals surface area contributed by atoms with Crippen LogP contribution in [-0.4, -0.2) is 32.8 Å². The first-order valence-corrected chi connectivity index (χ1v) is 8.97. The van der Waals surface area contributed by atoms with Crippen molar-refractivity contribution in [3.05, 3.63) is 33.3 Å². The molecule has 2 aromatic rings. The van der Waals surface area contributed by atoms with Crippen LogP contribution >= 0.6 is 34.7 Å². The fourth-order valence-electron chi connectivity index (χ4n) is 1.64. The fourth-order valence-corrected chi connectivity index (χ4v) is 3.82. The number of nitrogens with one attached hydrogen (secondary N) is 2. The highest BCUT2D eigenvalue weighted by atomic mass is 35.5. The molecule has 128 valence electrons. The largest absolute Gasteiger partial charge is 0.360 e. The number of nitro benzene ring substituents is 1. The summed E-state index contributed by atoms with van der Waals surface area (Å²) in [6.07, 6.45) is 0. The van der Waals surface area contributed by atoms with Gasteiger partial charge in [0.1, 0.15) is 0 Å². The van der Waals surface area contributed by atoms with Crippen LogP contribution in [0, 0.1) is 10.1 Å². The van der Waals surface area contributed by atoms with E-state index in [0.717, 1.165) is 6.54 Å². The molecule has 1 aromatic heterocycles. The maximum absolute atomic E-state index is 12.2. The van der Waals surface area contributed by atoms with Crippen LogP contribution in [0.1, 0.15) is 13.8 Å². The lowest BCUT2D eigenvalue weighted by atomic mass is 10.2. The standard InChI is InChI=1S/C13H14ClN5O3S2/c1-3-15-12-17-18-13(24-12)23-7(2)11(20)16-10-5-4-8(19(21)22)6-9(10)14/h4-7H,3H2,1-2H3,(H,15,17)(H,16,20). The maximum Gasteiger partial charge on any atom is 0.271 e. The van der Waals surface area contributed by atoms with Crippen molar-refractivity contribution in [2.24, 2.45) is 0 Å². The predicted octanol–water partition coefficient (Wildman–Crippen LogP) is 3.65. The number of hydrogen-bond donors (Lipinski definition) is 2. The molecular formula is C13H14ClN5O3S2. The topological polar surface area (TPSA) is 110 Å². The van der Waals surface area contributed by atoms with E-state index in [1.54, 1.807) is 6.92 Å². The molecule has 0 aliphatic carbocycles. The molecule has 1 heterocycles. The van der Waals surface area contributed by atoms with E-state index in [4.69, 9.17) is 11.6 Å². The van der Waals surface area contributed by atoms with Gasteiger partial charge in [0.2, 0.25) is 11.0 Å². The minimum atomic E-state index is -0.548. The number of carbonyl (C=O) groups is 1. The molecule has 1 unspecified atom stereocenters. The Morgan fingerprint density at radius 1 is 1.50 bits per heavy atom. The van der Waals surface area contributed by atoms with Gasteiger partial charge < -0.3 is 10.6 Å². The molecule has 0 fully saturated rings. The summed E-state index contributed by atoms with van der Waals surface area (Å²) < 4.78 is 0.670. The highest BCUT2D eigenvalue weighted by Crippen LogP contribution is 2.31. The molecule has 1 aromatic carbocycles. The van der Waals surface area contributed by atoms with Gasteiger partial charge in [0.15, 0.2) is 4.34 Å². The summed E-state index contributed by atoms with van der Waals surface area (Å²) >= 11 is 8.61. The third kappa shape index (κ3) is 4.79. The number of carbonyl (C=O) groups excluding carboxylic acids is 1. The van der Waals surface area contributed by atoms with Crippen molar-refractivity contribution in [3.63, 3.8) is 0 Å². The molecule has 2 rings (SSSR count). The van der Waals surface area contributed by atoms with E-state index in [9.17, 15) is 14.9 Å². The number of aromatic nitrogens is 2. The lowest BCUT2D eigenvalue weighted by Gasteiger charge is -2.11. The normalized spacial score (nSPS) is 11.8. The molecule has 1 amide bonds. The van der Waals surface area contributed by atoms with Crippen LogP contribution < -0.4 is 10.6 Å². The van der Waals surface area contributed by atoms with Gasteiger partial charge in [-0.3, -0.25) is 14.9 Å². The van der Waals surface area contributed by atoms with Crippen molar-refractivity contribution in [2.45, 2.75) is 23.4 Å². The van der Waals surface area contributed by atoms with E-state index in [-0.39, 0.29) is 16.6 Å². The lowest BCUT2D eigenvalue weighted by Crippen LogP contribution is -2.22. The quantitative estimate of drug-likeness (QED) is 0.423. The Hall–Kier alpha value is -1.91. The highest BCUT2D eigenvalue weighted by Gasteiger charge is 2.19. The van der Waals surface area contributed by atoms with E-state index in [0.29, 0.717) is 15.2 Å². The number of thioether (sulfide) groups is 1. The van der Waals surface area contributed by atoms with E-state index in [1.807, 2.05) is 6.92 Å². The maximum atomic E-state index is 12.2. The first kappa shape index (κ1) is 18.4.